The molecule has 0 radical (unpaired) electrons. The van der Waals surface area contributed by atoms with Crippen molar-refractivity contribution in [1.82, 2.24) is 5.16 Å². The fourth-order valence-electron chi connectivity index (χ4n) is 1.61. The van der Waals surface area contributed by atoms with Crippen molar-refractivity contribution in [2.75, 3.05) is 0 Å². The summed E-state index contributed by atoms with van der Waals surface area (Å²) in [6.45, 7) is 4.28. The topological polar surface area (TPSA) is 53.0 Å². The van der Waals surface area contributed by atoms with Gasteiger partial charge >= 0.3 is 0 Å². The van der Waals surface area contributed by atoms with Gasteiger partial charge in [-0.3, -0.25) is 4.63 Å². The molecule has 0 aliphatic heterocycles. The average molecular weight is 212 g/mol. The van der Waals surface area contributed by atoms with Gasteiger partial charge in [0.25, 0.3) is 0 Å². The van der Waals surface area contributed by atoms with E-state index in [1.54, 1.807) is 0 Å². The third-order valence-corrected chi connectivity index (χ3v) is 2.56. The molecule has 0 amide bonds. The van der Waals surface area contributed by atoms with Crippen molar-refractivity contribution in [3.05, 3.63) is 16.6 Å². The summed E-state index contributed by atoms with van der Waals surface area (Å²) in [6, 6.07) is 0. The third-order valence-electron chi connectivity index (χ3n) is 2.56. The Morgan fingerprint density at radius 2 is 1.87 bits per heavy atom. The van der Waals surface area contributed by atoms with E-state index in [0.717, 1.165) is 56.3 Å². The smallest absolute Gasteiger partial charge is 0.221 e. The molecule has 15 heavy (non-hydrogen) atoms. The summed E-state index contributed by atoms with van der Waals surface area (Å²) in [7, 11) is 0. The molecule has 4 heteroatoms. The molecule has 1 heterocycles. The van der Waals surface area contributed by atoms with E-state index in [0.29, 0.717) is 4.90 Å². The van der Waals surface area contributed by atoms with Crippen LogP contribution in [-0.2, 0) is 12.8 Å². The Labute approximate surface area is 90.8 Å². The number of nitrogens with zero attached hydrogens (tertiary/aromatic N) is 2. The van der Waals surface area contributed by atoms with E-state index in [2.05, 4.69) is 23.6 Å². The van der Waals surface area contributed by atoms with Crippen molar-refractivity contribution in [3.63, 3.8) is 0 Å². The van der Waals surface area contributed by atoms with Crippen molar-refractivity contribution < 1.29 is 9.53 Å². The number of hydrogen-bond donors (Lipinski definition) is 0. The Kier molecular flexibility index (Phi) is 5.15. The molecule has 1 aromatic heterocycles. The summed E-state index contributed by atoms with van der Waals surface area (Å²) in [5.74, 6) is 0. The van der Waals surface area contributed by atoms with Crippen LogP contribution in [0.4, 0.5) is 0 Å². The zero-order chi connectivity index (χ0) is 11.1. The molecule has 0 unspecified atom stereocenters. The molecule has 86 valence electrons. The molecule has 0 aromatic carbocycles. The molecule has 0 spiro atoms. The van der Waals surface area contributed by atoms with Crippen LogP contribution in [-0.4, -0.2) is 5.16 Å². The maximum absolute atomic E-state index is 11.3. The Hall–Kier alpha value is -1.06. The highest BCUT2D eigenvalue weighted by Crippen LogP contribution is 2.09. The van der Waals surface area contributed by atoms with Crippen molar-refractivity contribution in [3.8, 4) is 0 Å². The first-order valence-corrected chi connectivity index (χ1v) is 5.87. The van der Waals surface area contributed by atoms with Crippen LogP contribution in [0.15, 0.2) is 4.63 Å². The molecule has 0 aliphatic carbocycles. The summed E-state index contributed by atoms with van der Waals surface area (Å²) < 4.78 is 4.63. The second-order valence-corrected chi connectivity index (χ2v) is 3.88. The van der Waals surface area contributed by atoms with E-state index < -0.39 is 0 Å². The zero-order valence-corrected chi connectivity index (χ0v) is 9.66. The van der Waals surface area contributed by atoms with E-state index in [4.69, 9.17) is 0 Å². The van der Waals surface area contributed by atoms with Crippen LogP contribution in [0.5, 0.6) is 0 Å². The summed E-state index contributed by atoms with van der Waals surface area (Å²) in [6.07, 6.45) is 7.18. The monoisotopic (exact) mass is 212 g/mol. The minimum absolute atomic E-state index is 0.570. The standard InChI is InChI=1S/C11H20N2O2/c1-3-5-7-9-11-10(8-6-4-2)12-15-13(11)14/h3-9H2,1-2H3. The number of hydrogen-bond acceptors (Lipinski definition) is 3. The molecular formula is C11H20N2O2. The Bertz CT molecular complexity index is 284. The number of aryl methyl sites for hydroxylation is 1. The number of rotatable bonds is 7. The molecule has 4 nitrogen and oxygen atoms in total. The van der Waals surface area contributed by atoms with Crippen LogP contribution in [0.1, 0.15) is 57.3 Å². The van der Waals surface area contributed by atoms with E-state index in [1.807, 2.05) is 0 Å². The highest BCUT2D eigenvalue weighted by molar-refractivity contribution is 5.03. The molecule has 0 aliphatic rings. The van der Waals surface area contributed by atoms with E-state index in [-0.39, 0.29) is 0 Å². The summed E-state index contributed by atoms with van der Waals surface area (Å²) in [5, 5.41) is 15.1. The van der Waals surface area contributed by atoms with Gasteiger partial charge in [-0.05, 0) is 17.7 Å². The average Bonchev–Trinajstić information content (AvgIpc) is 2.58. The van der Waals surface area contributed by atoms with E-state index >= 15 is 0 Å². The predicted octanol–water partition coefficient (Wildman–Crippen LogP) is 2.38. The highest BCUT2D eigenvalue weighted by Gasteiger charge is 2.17. The normalized spacial score (nSPS) is 10.8. The van der Waals surface area contributed by atoms with Gasteiger partial charge in [-0.25, -0.2) is 0 Å². The lowest BCUT2D eigenvalue weighted by Gasteiger charge is -1.97. The maximum Gasteiger partial charge on any atom is 0.221 e. The number of unbranched alkanes of at least 4 members (excludes halogenated alkanes) is 3. The van der Waals surface area contributed by atoms with Gasteiger partial charge in [0.15, 0.2) is 5.69 Å². The lowest BCUT2D eigenvalue weighted by atomic mass is 10.1. The van der Waals surface area contributed by atoms with Gasteiger partial charge in [-0.15, -0.1) is 0 Å². The summed E-state index contributed by atoms with van der Waals surface area (Å²) >= 11 is 0. The van der Waals surface area contributed by atoms with Gasteiger partial charge in [0, 0.05) is 18.0 Å². The highest BCUT2D eigenvalue weighted by atomic mass is 16.8. The van der Waals surface area contributed by atoms with Crippen LogP contribution in [0.3, 0.4) is 0 Å². The zero-order valence-electron chi connectivity index (χ0n) is 9.66. The van der Waals surface area contributed by atoms with Gasteiger partial charge in [0.2, 0.25) is 5.69 Å². The third kappa shape index (κ3) is 3.53. The molecule has 0 saturated carbocycles. The van der Waals surface area contributed by atoms with Gasteiger partial charge in [0.05, 0.1) is 0 Å². The SMILES string of the molecule is CCCCCc1c(CCCC)no[n+]1[O-]. The van der Waals surface area contributed by atoms with E-state index in [9.17, 15) is 5.21 Å². The lowest BCUT2D eigenvalue weighted by Crippen LogP contribution is -2.28. The lowest BCUT2D eigenvalue weighted by molar-refractivity contribution is -0.808. The molecule has 1 aromatic rings. The van der Waals surface area contributed by atoms with Crippen LogP contribution in [0.2, 0.25) is 0 Å². The largest absolute Gasteiger partial charge is 0.359 e. The Morgan fingerprint density at radius 3 is 2.53 bits per heavy atom. The van der Waals surface area contributed by atoms with Gasteiger partial charge < -0.3 is 5.21 Å². The maximum atomic E-state index is 11.3. The Balaban J connectivity index is 2.54. The molecule has 0 fully saturated rings. The second-order valence-electron chi connectivity index (χ2n) is 3.88. The minimum atomic E-state index is 0.570. The van der Waals surface area contributed by atoms with Gasteiger partial charge in [-0.1, -0.05) is 33.1 Å². The second kappa shape index (κ2) is 6.43. The minimum Gasteiger partial charge on any atom is -0.359 e. The Morgan fingerprint density at radius 1 is 1.13 bits per heavy atom. The molecular weight excluding hydrogens is 192 g/mol. The number of aromatic nitrogens is 2. The van der Waals surface area contributed by atoms with Crippen LogP contribution < -0.4 is 4.90 Å². The summed E-state index contributed by atoms with van der Waals surface area (Å²) in [5.41, 5.74) is 1.58. The first kappa shape index (κ1) is 12.0. The van der Waals surface area contributed by atoms with Crippen LogP contribution >= 0.6 is 0 Å². The first-order valence-electron chi connectivity index (χ1n) is 5.87. The van der Waals surface area contributed by atoms with Crippen LogP contribution in [0.25, 0.3) is 0 Å². The van der Waals surface area contributed by atoms with Gasteiger partial charge in [-0.2, -0.15) is 0 Å². The van der Waals surface area contributed by atoms with Crippen LogP contribution in [0, 0.1) is 5.21 Å². The molecule has 0 N–H and O–H groups in total. The fraction of sp³-hybridized carbons (Fsp3) is 0.818. The van der Waals surface area contributed by atoms with Crippen molar-refractivity contribution in [2.45, 2.75) is 58.8 Å². The fourth-order valence-corrected chi connectivity index (χ4v) is 1.61. The molecule has 0 saturated heterocycles. The quantitative estimate of drug-likeness (QED) is 0.515. The predicted molar refractivity (Wildman–Crippen MR) is 57.3 cm³/mol. The molecule has 0 atom stereocenters. The molecule has 1 rings (SSSR count). The molecule has 0 bridgehead atoms. The van der Waals surface area contributed by atoms with Gasteiger partial charge in [0.1, 0.15) is 0 Å². The van der Waals surface area contributed by atoms with Crippen molar-refractivity contribution in [2.24, 2.45) is 0 Å². The van der Waals surface area contributed by atoms with Crippen molar-refractivity contribution >= 4 is 0 Å². The van der Waals surface area contributed by atoms with Crippen molar-refractivity contribution in [1.29, 1.82) is 0 Å². The first-order chi connectivity index (χ1) is 7.29. The summed E-state index contributed by atoms with van der Waals surface area (Å²) in [4.78, 5) is 0.570. The van der Waals surface area contributed by atoms with E-state index in [1.165, 1.54) is 0 Å².